The van der Waals surface area contributed by atoms with Crippen molar-refractivity contribution in [1.29, 1.82) is 0 Å². The third kappa shape index (κ3) is 3.32. The molecular weight excluding hydrogens is 264 g/mol. The van der Waals surface area contributed by atoms with Crippen LogP contribution in [0.5, 0.6) is 0 Å². The van der Waals surface area contributed by atoms with Gasteiger partial charge >= 0.3 is 0 Å². The number of aliphatic hydroxyl groups is 1. The number of hydrogen-bond donors (Lipinski definition) is 2. The molecule has 0 aromatic heterocycles. The summed E-state index contributed by atoms with van der Waals surface area (Å²) in [7, 11) is -2.35. The average molecular weight is 279 g/mol. The van der Waals surface area contributed by atoms with Crippen molar-refractivity contribution >= 4 is 27.3 Å². The molecule has 7 heteroatoms. The van der Waals surface area contributed by atoms with Gasteiger partial charge in [0.15, 0.2) is 0 Å². The lowest BCUT2D eigenvalue weighted by molar-refractivity contribution is 0.171. The molecule has 1 rings (SSSR count). The second-order valence-electron chi connectivity index (χ2n) is 3.82. The number of nitrogens with two attached hydrogens (primary N) is 1. The van der Waals surface area contributed by atoms with E-state index < -0.39 is 16.1 Å². The highest BCUT2D eigenvalue weighted by Crippen LogP contribution is 2.26. The van der Waals surface area contributed by atoms with Crippen LogP contribution in [-0.2, 0) is 10.0 Å². The molecule has 0 spiro atoms. The zero-order chi connectivity index (χ0) is 13.2. The van der Waals surface area contributed by atoms with Gasteiger partial charge < -0.3 is 10.8 Å². The fraction of sp³-hybridized carbons (Fsp3) is 0.400. The van der Waals surface area contributed by atoms with Crippen molar-refractivity contribution in [3.63, 3.8) is 0 Å². The van der Waals surface area contributed by atoms with Crippen LogP contribution in [0, 0.1) is 0 Å². The van der Waals surface area contributed by atoms with Crippen LogP contribution in [0.1, 0.15) is 6.92 Å². The van der Waals surface area contributed by atoms with Gasteiger partial charge in [0.05, 0.1) is 11.1 Å². The normalized spacial score (nSPS) is 13.9. The highest BCUT2D eigenvalue weighted by molar-refractivity contribution is 7.89. The van der Waals surface area contributed by atoms with Crippen LogP contribution >= 0.6 is 11.6 Å². The van der Waals surface area contributed by atoms with Crippen LogP contribution in [0.15, 0.2) is 23.1 Å². The number of rotatable bonds is 4. The van der Waals surface area contributed by atoms with Gasteiger partial charge in [0, 0.05) is 19.3 Å². The Kier molecular flexibility index (Phi) is 4.37. The Hall–Kier alpha value is -0.820. The maximum absolute atomic E-state index is 12.1. The fourth-order valence-corrected chi connectivity index (χ4v) is 3.11. The number of aliphatic hydroxyl groups excluding tert-OH is 1. The van der Waals surface area contributed by atoms with Gasteiger partial charge in [-0.1, -0.05) is 11.6 Å². The van der Waals surface area contributed by atoms with Crippen molar-refractivity contribution in [3.05, 3.63) is 23.2 Å². The Labute approximate surface area is 106 Å². The number of nitrogen functional groups attached to an aromatic ring is 1. The summed E-state index contributed by atoms with van der Waals surface area (Å²) in [6, 6.07) is 4.26. The molecule has 0 fully saturated rings. The van der Waals surface area contributed by atoms with Crippen LogP contribution in [0.4, 0.5) is 5.69 Å². The highest BCUT2D eigenvalue weighted by atomic mass is 35.5. The summed E-state index contributed by atoms with van der Waals surface area (Å²) < 4.78 is 25.3. The zero-order valence-electron chi connectivity index (χ0n) is 9.59. The average Bonchev–Trinajstić information content (AvgIpc) is 2.20. The minimum Gasteiger partial charge on any atom is -0.399 e. The summed E-state index contributed by atoms with van der Waals surface area (Å²) in [6.07, 6.45) is -0.755. The van der Waals surface area contributed by atoms with Gasteiger partial charge in [-0.05, 0) is 25.1 Å². The molecular formula is C10H15ClN2O3S. The van der Waals surface area contributed by atoms with E-state index in [9.17, 15) is 13.5 Å². The summed E-state index contributed by atoms with van der Waals surface area (Å²) >= 11 is 5.84. The maximum Gasteiger partial charge on any atom is 0.244 e. The third-order valence-electron chi connectivity index (χ3n) is 2.16. The first-order chi connectivity index (χ1) is 7.75. The highest BCUT2D eigenvalue weighted by Gasteiger charge is 2.24. The molecule has 1 aromatic carbocycles. The van der Waals surface area contributed by atoms with Crippen molar-refractivity contribution in [1.82, 2.24) is 4.31 Å². The molecule has 0 radical (unpaired) electrons. The predicted octanol–water partition coefficient (Wildman–Crippen LogP) is 0.924. The number of anilines is 1. The Morgan fingerprint density at radius 3 is 2.65 bits per heavy atom. The summed E-state index contributed by atoms with van der Waals surface area (Å²) in [5.41, 5.74) is 5.85. The molecule has 17 heavy (non-hydrogen) atoms. The van der Waals surface area contributed by atoms with E-state index in [1.807, 2.05) is 0 Å². The van der Waals surface area contributed by atoms with Crippen LogP contribution in [-0.4, -0.2) is 37.5 Å². The second-order valence-corrected chi connectivity index (χ2v) is 6.24. The summed E-state index contributed by atoms with van der Waals surface area (Å²) in [6.45, 7) is 1.50. The molecule has 0 amide bonds. The molecule has 5 nitrogen and oxygen atoms in total. The van der Waals surface area contributed by atoms with E-state index in [2.05, 4.69) is 0 Å². The first-order valence-electron chi connectivity index (χ1n) is 4.94. The lowest BCUT2D eigenvalue weighted by atomic mass is 10.3. The van der Waals surface area contributed by atoms with Crippen molar-refractivity contribution < 1.29 is 13.5 Å². The van der Waals surface area contributed by atoms with Gasteiger partial charge in [0.1, 0.15) is 4.90 Å². The monoisotopic (exact) mass is 278 g/mol. The fourth-order valence-electron chi connectivity index (χ4n) is 1.36. The zero-order valence-corrected chi connectivity index (χ0v) is 11.2. The van der Waals surface area contributed by atoms with Crippen LogP contribution in [0.25, 0.3) is 0 Å². The first-order valence-corrected chi connectivity index (χ1v) is 6.76. The molecule has 0 aliphatic heterocycles. The molecule has 0 saturated carbocycles. The molecule has 96 valence electrons. The van der Waals surface area contributed by atoms with E-state index in [0.29, 0.717) is 5.69 Å². The first kappa shape index (κ1) is 14.2. The maximum atomic E-state index is 12.1. The smallest absolute Gasteiger partial charge is 0.244 e. The van der Waals surface area contributed by atoms with E-state index in [0.717, 1.165) is 4.31 Å². The van der Waals surface area contributed by atoms with Gasteiger partial charge in [0.25, 0.3) is 0 Å². The van der Waals surface area contributed by atoms with Gasteiger partial charge in [-0.15, -0.1) is 0 Å². The number of benzene rings is 1. The molecule has 1 unspecified atom stereocenters. The van der Waals surface area contributed by atoms with Crippen molar-refractivity contribution in [3.8, 4) is 0 Å². The Bertz CT molecular complexity index is 502. The van der Waals surface area contributed by atoms with Gasteiger partial charge in [0.2, 0.25) is 10.0 Å². The third-order valence-corrected chi connectivity index (χ3v) is 4.47. The van der Waals surface area contributed by atoms with E-state index in [1.54, 1.807) is 0 Å². The lowest BCUT2D eigenvalue weighted by Gasteiger charge is -2.19. The number of nitrogens with zero attached hydrogens (tertiary/aromatic N) is 1. The lowest BCUT2D eigenvalue weighted by Crippen LogP contribution is -2.33. The Morgan fingerprint density at radius 2 is 2.12 bits per heavy atom. The molecule has 3 N–H and O–H groups in total. The van der Waals surface area contributed by atoms with E-state index in [-0.39, 0.29) is 16.5 Å². The van der Waals surface area contributed by atoms with Crippen molar-refractivity contribution in [2.75, 3.05) is 19.3 Å². The molecule has 0 saturated heterocycles. The molecule has 0 aliphatic rings. The number of sulfonamides is 1. The van der Waals surface area contributed by atoms with E-state index >= 15 is 0 Å². The molecule has 0 aliphatic carbocycles. The summed E-state index contributed by atoms with van der Waals surface area (Å²) in [4.78, 5) is -0.0534. The van der Waals surface area contributed by atoms with E-state index in [4.69, 9.17) is 17.3 Å². The summed E-state index contributed by atoms with van der Waals surface area (Å²) in [5.74, 6) is 0. The molecule has 0 heterocycles. The second kappa shape index (κ2) is 5.22. The minimum atomic E-state index is -3.73. The summed E-state index contributed by atoms with van der Waals surface area (Å²) in [5, 5.41) is 9.30. The predicted molar refractivity (Wildman–Crippen MR) is 67.4 cm³/mol. The number of likely N-dealkylation sites (N-methyl/N-ethyl adjacent to an activating group) is 1. The quantitative estimate of drug-likeness (QED) is 0.803. The topological polar surface area (TPSA) is 83.6 Å². The SMILES string of the molecule is CC(O)CN(C)S(=O)(=O)c1cc(N)ccc1Cl. The van der Waals surface area contributed by atoms with E-state index in [1.165, 1.54) is 32.2 Å². The van der Waals surface area contributed by atoms with Crippen LogP contribution in [0.3, 0.4) is 0 Å². The number of halogens is 1. The Balaban J connectivity index is 3.17. The van der Waals surface area contributed by atoms with Crippen LogP contribution in [0.2, 0.25) is 5.02 Å². The standard InChI is InChI=1S/C10H15ClN2O3S/c1-7(14)6-13(2)17(15,16)10-5-8(12)3-4-9(10)11/h3-5,7,14H,6,12H2,1-2H3. The minimum absolute atomic E-state index is 0.00649. The molecule has 1 atom stereocenters. The van der Waals surface area contributed by atoms with Crippen molar-refractivity contribution in [2.45, 2.75) is 17.9 Å². The van der Waals surface area contributed by atoms with Gasteiger partial charge in [-0.2, -0.15) is 4.31 Å². The molecule has 0 bridgehead atoms. The van der Waals surface area contributed by atoms with Crippen LogP contribution < -0.4 is 5.73 Å². The Morgan fingerprint density at radius 1 is 1.53 bits per heavy atom. The van der Waals surface area contributed by atoms with Gasteiger partial charge in [-0.25, -0.2) is 8.42 Å². The molecule has 1 aromatic rings. The largest absolute Gasteiger partial charge is 0.399 e. The number of hydrogen-bond acceptors (Lipinski definition) is 4. The van der Waals surface area contributed by atoms with Gasteiger partial charge in [-0.3, -0.25) is 0 Å². The van der Waals surface area contributed by atoms with Crippen molar-refractivity contribution in [2.24, 2.45) is 0 Å².